The second-order valence-electron chi connectivity index (χ2n) is 10.6. The zero-order valence-corrected chi connectivity index (χ0v) is 22.4. The molecule has 2 saturated carbocycles. The quantitative estimate of drug-likeness (QED) is 0.325. The van der Waals surface area contributed by atoms with Crippen molar-refractivity contribution >= 4 is 30.5 Å². The second-order valence-corrected chi connectivity index (χ2v) is 10.7. The SMILES string of the molecule is COc1ccc(-n2nc(C(=O)OS)c3c2C(=O)N(c2ccc(C4(CNC5CCCC5)CC4)cc2)CC3)cc1. The highest BCUT2D eigenvalue weighted by Crippen LogP contribution is 2.48. The van der Waals surface area contributed by atoms with Gasteiger partial charge in [0.2, 0.25) is 0 Å². The lowest BCUT2D eigenvalue weighted by molar-refractivity contribution is 0.0764. The number of carbonyl (C=O) groups is 2. The molecule has 1 amide bonds. The number of benzene rings is 2. The first-order valence-corrected chi connectivity index (χ1v) is 13.7. The van der Waals surface area contributed by atoms with Crippen LogP contribution < -0.4 is 15.0 Å². The number of fused-ring (bicyclic) bond motifs is 1. The van der Waals surface area contributed by atoms with Gasteiger partial charge in [0, 0.05) is 48.7 Å². The van der Waals surface area contributed by atoms with Gasteiger partial charge in [-0.2, -0.15) is 5.10 Å². The predicted octanol–water partition coefficient (Wildman–Crippen LogP) is 4.65. The Balaban J connectivity index is 1.27. The van der Waals surface area contributed by atoms with E-state index in [4.69, 9.17) is 4.74 Å². The van der Waals surface area contributed by atoms with Crippen molar-refractivity contribution in [3.05, 3.63) is 71.0 Å². The minimum Gasteiger partial charge on any atom is -0.497 e. The molecule has 0 atom stereocenters. The fourth-order valence-corrected chi connectivity index (χ4v) is 5.99. The van der Waals surface area contributed by atoms with Crippen LogP contribution in [0.1, 0.15) is 70.6 Å². The van der Waals surface area contributed by atoms with Crippen LogP contribution in [0.4, 0.5) is 5.69 Å². The Hall–Kier alpha value is -3.30. The number of anilines is 1. The van der Waals surface area contributed by atoms with Gasteiger partial charge in [-0.05, 0) is 74.1 Å². The van der Waals surface area contributed by atoms with Crippen molar-refractivity contribution in [2.75, 3.05) is 25.1 Å². The molecular weight excluding hydrogens is 500 g/mol. The number of amides is 1. The Kier molecular flexibility index (Phi) is 6.65. The lowest BCUT2D eigenvalue weighted by Crippen LogP contribution is -2.39. The molecule has 9 heteroatoms. The molecule has 0 saturated heterocycles. The first kappa shape index (κ1) is 25.0. The molecule has 0 unspecified atom stereocenters. The Morgan fingerprint density at radius 3 is 2.39 bits per heavy atom. The minimum atomic E-state index is -0.677. The van der Waals surface area contributed by atoms with E-state index >= 15 is 0 Å². The van der Waals surface area contributed by atoms with E-state index in [1.165, 1.54) is 48.8 Å². The molecule has 2 aliphatic carbocycles. The van der Waals surface area contributed by atoms with Crippen LogP contribution in [-0.2, 0) is 16.0 Å². The summed E-state index contributed by atoms with van der Waals surface area (Å²) in [5, 5.41) is 8.27. The van der Waals surface area contributed by atoms with Gasteiger partial charge in [-0.15, -0.1) is 0 Å². The van der Waals surface area contributed by atoms with Crippen molar-refractivity contribution in [3.63, 3.8) is 0 Å². The molecule has 2 fully saturated rings. The van der Waals surface area contributed by atoms with Gasteiger partial charge < -0.3 is 19.1 Å². The first-order valence-electron chi connectivity index (χ1n) is 13.3. The highest BCUT2D eigenvalue weighted by Gasteiger charge is 2.44. The number of nitrogens with zero attached hydrogens (tertiary/aromatic N) is 3. The van der Waals surface area contributed by atoms with Crippen molar-refractivity contribution < 1.29 is 18.5 Å². The van der Waals surface area contributed by atoms with Gasteiger partial charge in [-0.25, -0.2) is 9.48 Å². The number of carbonyl (C=O) groups excluding carboxylic acids is 2. The van der Waals surface area contributed by atoms with Gasteiger partial charge in [0.15, 0.2) is 5.69 Å². The number of methoxy groups -OCH3 is 1. The third-order valence-electron chi connectivity index (χ3n) is 8.34. The average Bonchev–Trinajstić information content (AvgIpc) is 3.37. The summed E-state index contributed by atoms with van der Waals surface area (Å²) in [5.41, 5.74) is 4.08. The fraction of sp³-hybridized carbons (Fsp3) is 0.414. The number of hydrogen-bond donors (Lipinski definition) is 2. The van der Waals surface area contributed by atoms with Crippen molar-refractivity contribution in [2.45, 2.75) is 56.4 Å². The molecule has 3 aliphatic rings. The number of thiol groups is 1. The maximum Gasteiger partial charge on any atom is 0.370 e. The fourth-order valence-electron chi connectivity index (χ4n) is 5.91. The zero-order chi connectivity index (χ0) is 26.3. The summed E-state index contributed by atoms with van der Waals surface area (Å²) in [6, 6.07) is 16.3. The van der Waals surface area contributed by atoms with Gasteiger partial charge in [-0.3, -0.25) is 4.79 Å². The molecular formula is C29H32N4O4S. The second kappa shape index (κ2) is 10.1. The van der Waals surface area contributed by atoms with Gasteiger partial charge in [0.25, 0.3) is 5.91 Å². The van der Waals surface area contributed by atoms with Crippen molar-refractivity contribution in [2.24, 2.45) is 0 Å². The molecule has 0 radical (unpaired) electrons. The van der Waals surface area contributed by atoms with Crippen LogP contribution in [0.2, 0.25) is 0 Å². The summed E-state index contributed by atoms with van der Waals surface area (Å²) in [6.45, 7) is 1.47. The highest BCUT2D eigenvalue weighted by atomic mass is 32.1. The maximum atomic E-state index is 13.9. The summed E-state index contributed by atoms with van der Waals surface area (Å²) in [7, 11) is 1.59. The van der Waals surface area contributed by atoms with Gasteiger partial charge in [0.1, 0.15) is 11.4 Å². The van der Waals surface area contributed by atoms with E-state index in [0.29, 0.717) is 41.7 Å². The number of rotatable bonds is 8. The van der Waals surface area contributed by atoms with Gasteiger partial charge in [0.05, 0.1) is 12.8 Å². The third-order valence-corrected chi connectivity index (χ3v) is 8.50. The molecule has 0 spiro atoms. The lowest BCUT2D eigenvalue weighted by atomic mass is 9.94. The van der Waals surface area contributed by atoms with E-state index in [1.54, 1.807) is 36.3 Å². The molecule has 2 aromatic carbocycles. The largest absolute Gasteiger partial charge is 0.497 e. The summed E-state index contributed by atoms with van der Waals surface area (Å²) in [5.74, 6) is -0.197. The average molecular weight is 533 g/mol. The normalized spacial score (nSPS) is 18.4. The summed E-state index contributed by atoms with van der Waals surface area (Å²) < 4.78 is 11.4. The highest BCUT2D eigenvalue weighted by molar-refractivity contribution is 7.75. The van der Waals surface area contributed by atoms with Crippen LogP contribution in [0.15, 0.2) is 48.5 Å². The topological polar surface area (TPSA) is 85.7 Å². The number of hydrogen-bond acceptors (Lipinski definition) is 7. The Morgan fingerprint density at radius 1 is 1.08 bits per heavy atom. The summed E-state index contributed by atoms with van der Waals surface area (Å²) >= 11 is 3.68. The molecule has 38 heavy (non-hydrogen) atoms. The molecule has 1 aromatic heterocycles. The molecule has 1 N–H and O–H groups in total. The van der Waals surface area contributed by atoms with Gasteiger partial charge >= 0.3 is 5.97 Å². The van der Waals surface area contributed by atoms with Crippen molar-refractivity contribution in [1.29, 1.82) is 0 Å². The number of nitrogens with one attached hydrogen (secondary N) is 1. The van der Waals surface area contributed by atoms with E-state index in [9.17, 15) is 9.59 Å². The summed E-state index contributed by atoms with van der Waals surface area (Å²) in [4.78, 5) is 28.1. The third kappa shape index (κ3) is 4.47. The molecule has 2 heterocycles. The lowest BCUT2D eigenvalue weighted by Gasteiger charge is -2.28. The minimum absolute atomic E-state index is 0.111. The molecule has 6 rings (SSSR count). The van der Waals surface area contributed by atoms with E-state index in [-0.39, 0.29) is 17.0 Å². The first-order chi connectivity index (χ1) is 18.5. The molecule has 3 aromatic rings. The Morgan fingerprint density at radius 2 is 1.76 bits per heavy atom. The maximum absolute atomic E-state index is 13.9. The predicted molar refractivity (Wildman–Crippen MR) is 148 cm³/mol. The Bertz CT molecular complexity index is 1340. The standard InChI is InChI=1S/C29H32N4O4S/c1-36-23-12-10-22(11-13-23)33-26-24(25(31-33)28(35)37-38)14-17-32(27(26)34)21-8-6-19(7-9-21)29(15-16-29)18-30-20-4-2-3-5-20/h6-13,20,30,38H,2-5,14-18H2,1H3. The van der Waals surface area contributed by atoms with Crippen LogP contribution in [-0.4, -0.2) is 47.9 Å². The van der Waals surface area contributed by atoms with E-state index in [2.05, 4.69) is 39.6 Å². The van der Waals surface area contributed by atoms with Crippen molar-refractivity contribution in [3.8, 4) is 11.4 Å². The Labute approximate surface area is 227 Å². The van der Waals surface area contributed by atoms with Crippen LogP contribution in [0.3, 0.4) is 0 Å². The van der Waals surface area contributed by atoms with Crippen LogP contribution in [0.25, 0.3) is 5.69 Å². The van der Waals surface area contributed by atoms with E-state index in [1.807, 2.05) is 12.1 Å². The van der Waals surface area contributed by atoms with E-state index < -0.39 is 5.97 Å². The van der Waals surface area contributed by atoms with Crippen molar-refractivity contribution in [1.82, 2.24) is 15.1 Å². The number of ether oxygens (including phenoxy) is 1. The number of aromatic nitrogens is 2. The van der Waals surface area contributed by atoms with Gasteiger partial charge in [-0.1, -0.05) is 25.0 Å². The molecule has 0 bridgehead atoms. The molecule has 198 valence electrons. The zero-order valence-electron chi connectivity index (χ0n) is 21.5. The smallest absolute Gasteiger partial charge is 0.370 e. The van der Waals surface area contributed by atoms with E-state index in [0.717, 1.165) is 12.2 Å². The van der Waals surface area contributed by atoms with Crippen LogP contribution >= 0.6 is 12.9 Å². The van der Waals surface area contributed by atoms with Crippen LogP contribution in [0, 0.1) is 0 Å². The molecule has 8 nitrogen and oxygen atoms in total. The van der Waals surface area contributed by atoms with Crippen LogP contribution in [0.5, 0.6) is 5.75 Å². The summed E-state index contributed by atoms with van der Waals surface area (Å²) in [6.07, 6.45) is 8.11. The monoisotopic (exact) mass is 532 g/mol. The molecule has 1 aliphatic heterocycles.